The van der Waals surface area contributed by atoms with E-state index >= 15 is 0 Å². The number of carbonyl (C=O) groups excluding carboxylic acids is 1. The van der Waals surface area contributed by atoms with Crippen molar-refractivity contribution < 1.29 is 9.53 Å². The van der Waals surface area contributed by atoms with Gasteiger partial charge in [0.25, 0.3) is 0 Å². The predicted molar refractivity (Wildman–Crippen MR) is 79.7 cm³/mol. The lowest BCUT2D eigenvalue weighted by molar-refractivity contribution is -0.141. The molecule has 0 aromatic carbocycles. The van der Waals surface area contributed by atoms with E-state index in [4.69, 9.17) is 4.74 Å². The van der Waals surface area contributed by atoms with Crippen molar-refractivity contribution >= 4 is 29.1 Å². The van der Waals surface area contributed by atoms with Crippen LogP contribution in [0.25, 0.3) is 0 Å². The van der Waals surface area contributed by atoms with Crippen LogP contribution in [-0.4, -0.2) is 47.1 Å². The zero-order valence-electron chi connectivity index (χ0n) is 11.6. The quantitative estimate of drug-likeness (QED) is 0.798. The molecule has 1 aliphatic rings. The molecule has 0 radical (unpaired) electrons. The number of aryl methyl sites for hydroxylation is 2. The van der Waals surface area contributed by atoms with Gasteiger partial charge in [0.15, 0.2) is 0 Å². The highest BCUT2D eigenvalue weighted by atomic mass is 32.2. The van der Waals surface area contributed by atoms with Crippen molar-refractivity contribution in [1.82, 2.24) is 9.88 Å². The second-order valence-electron chi connectivity index (χ2n) is 4.72. The summed E-state index contributed by atoms with van der Waals surface area (Å²) in [5.74, 6) is 2.02. The number of nitrogens with zero attached hydrogens (tertiary/aromatic N) is 2. The molecular formula is C13H20N2O2S2. The summed E-state index contributed by atoms with van der Waals surface area (Å²) >= 11 is 3.68. The number of thioether (sulfide) groups is 1. The molecule has 0 aliphatic carbocycles. The van der Waals surface area contributed by atoms with E-state index in [1.807, 2.05) is 18.7 Å². The van der Waals surface area contributed by atoms with E-state index in [1.165, 1.54) is 12.0 Å². The van der Waals surface area contributed by atoms with Crippen LogP contribution in [0.5, 0.6) is 0 Å². The Morgan fingerprint density at radius 1 is 1.53 bits per heavy atom. The second-order valence-corrected chi connectivity index (χ2v) is 7.16. The van der Waals surface area contributed by atoms with Gasteiger partial charge in [-0.1, -0.05) is 0 Å². The van der Waals surface area contributed by atoms with Crippen molar-refractivity contribution in [3.8, 4) is 0 Å². The first kappa shape index (κ1) is 14.8. The molecule has 1 aliphatic heterocycles. The number of hydrogen-bond donors (Lipinski definition) is 0. The fourth-order valence-corrected chi connectivity index (χ4v) is 4.36. The average Bonchev–Trinajstić information content (AvgIpc) is 2.70. The van der Waals surface area contributed by atoms with Crippen molar-refractivity contribution in [1.29, 1.82) is 0 Å². The lowest BCUT2D eigenvalue weighted by Gasteiger charge is -2.34. The SMILES string of the molecule is COC(=O)CC1CSCCN1Cc1sc(C)nc1C. The molecular weight excluding hydrogens is 280 g/mol. The molecule has 1 aromatic heterocycles. The second kappa shape index (κ2) is 6.72. The van der Waals surface area contributed by atoms with E-state index in [0.29, 0.717) is 6.42 Å². The molecule has 0 saturated carbocycles. The largest absolute Gasteiger partial charge is 0.469 e. The molecule has 19 heavy (non-hydrogen) atoms. The summed E-state index contributed by atoms with van der Waals surface area (Å²) in [5, 5.41) is 1.11. The van der Waals surface area contributed by atoms with Gasteiger partial charge >= 0.3 is 5.97 Å². The van der Waals surface area contributed by atoms with Crippen molar-refractivity contribution in [2.45, 2.75) is 32.9 Å². The van der Waals surface area contributed by atoms with Gasteiger partial charge in [0.1, 0.15) is 0 Å². The number of carbonyl (C=O) groups is 1. The van der Waals surface area contributed by atoms with E-state index in [1.54, 1.807) is 11.3 Å². The first-order valence-corrected chi connectivity index (χ1v) is 8.38. The van der Waals surface area contributed by atoms with E-state index in [2.05, 4.69) is 16.8 Å². The van der Waals surface area contributed by atoms with Gasteiger partial charge < -0.3 is 4.74 Å². The van der Waals surface area contributed by atoms with Gasteiger partial charge in [-0.2, -0.15) is 11.8 Å². The van der Waals surface area contributed by atoms with E-state index in [-0.39, 0.29) is 12.0 Å². The third-order valence-electron chi connectivity index (χ3n) is 3.33. The van der Waals surface area contributed by atoms with Crippen molar-refractivity contribution in [3.63, 3.8) is 0 Å². The standard InChI is InChI=1S/C13H20N2O2S2/c1-9-12(19-10(2)14-9)7-15-4-5-18-8-11(15)6-13(16)17-3/h11H,4-8H2,1-3H3. The molecule has 1 aromatic rings. The van der Waals surface area contributed by atoms with E-state index < -0.39 is 0 Å². The molecule has 0 bridgehead atoms. The molecule has 1 saturated heterocycles. The zero-order chi connectivity index (χ0) is 13.8. The van der Waals surface area contributed by atoms with Crippen molar-refractivity contribution in [3.05, 3.63) is 15.6 Å². The summed E-state index contributed by atoms with van der Waals surface area (Å²) < 4.78 is 4.79. The summed E-state index contributed by atoms with van der Waals surface area (Å²) in [6, 6.07) is 0.285. The van der Waals surface area contributed by atoms with Gasteiger partial charge in [0, 0.05) is 35.5 Å². The molecule has 2 rings (SSSR count). The van der Waals surface area contributed by atoms with Gasteiger partial charge in [-0.3, -0.25) is 9.69 Å². The topological polar surface area (TPSA) is 42.4 Å². The molecule has 1 fully saturated rings. The van der Waals surface area contributed by atoms with Gasteiger partial charge in [-0.15, -0.1) is 11.3 Å². The fraction of sp³-hybridized carbons (Fsp3) is 0.692. The van der Waals surface area contributed by atoms with Crippen LogP contribution in [0.1, 0.15) is 22.0 Å². The Bertz CT molecular complexity index is 448. The Morgan fingerprint density at radius 3 is 2.95 bits per heavy atom. The molecule has 0 spiro atoms. The maximum Gasteiger partial charge on any atom is 0.307 e. The maximum atomic E-state index is 11.5. The predicted octanol–water partition coefficient (Wildman–Crippen LogP) is 2.24. The Kier molecular flexibility index (Phi) is 5.24. The lowest BCUT2D eigenvalue weighted by Crippen LogP contribution is -2.43. The summed E-state index contributed by atoms with van der Waals surface area (Å²) in [6.45, 7) is 6.04. The number of hydrogen-bond acceptors (Lipinski definition) is 6. The third kappa shape index (κ3) is 3.94. The van der Waals surface area contributed by atoms with Crippen LogP contribution < -0.4 is 0 Å². The number of esters is 1. The summed E-state index contributed by atoms with van der Waals surface area (Å²) in [4.78, 5) is 19.7. The number of thiazole rings is 1. The third-order valence-corrected chi connectivity index (χ3v) is 5.48. The van der Waals surface area contributed by atoms with Crippen LogP contribution in [0.15, 0.2) is 0 Å². The normalized spacial score (nSPS) is 20.5. The number of rotatable bonds is 4. The minimum Gasteiger partial charge on any atom is -0.469 e. The van der Waals surface area contributed by atoms with Crippen LogP contribution in [-0.2, 0) is 16.1 Å². The summed E-state index contributed by atoms with van der Waals surface area (Å²) in [7, 11) is 1.46. The molecule has 4 nitrogen and oxygen atoms in total. The Morgan fingerprint density at radius 2 is 2.32 bits per heavy atom. The Labute approximate surface area is 122 Å². The first-order valence-electron chi connectivity index (χ1n) is 6.41. The van der Waals surface area contributed by atoms with Crippen LogP contribution in [0, 0.1) is 13.8 Å². The number of aromatic nitrogens is 1. The molecule has 1 unspecified atom stereocenters. The smallest absolute Gasteiger partial charge is 0.307 e. The molecule has 2 heterocycles. The van der Waals surface area contributed by atoms with Crippen LogP contribution in [0.3, 0.4) is 0 Å². The molecule has 0 amide bonds. The fourth-order valence-electron chi connectivity index (χ4n) is 2.27. The lowest BCUT2D eigenvalue weighted by atomic mass is 10.2. The van der Waals surface area contributed by atoms with Gasteiger partial charge in [-0.25, -0.2) is 4.98 Å². The highest BCUT2D eigenvalue weighted by Crippen LogP contribution is 2.25. The minimum atomic E-state index is -0.116. The highest BCUT2D eigenvalue weighted by Gasteiger charge is 2.26. The minimum absolute atomic E-state index is 0.116. The highest BCUT2D eigenvalue weighted by molar-refractivity contribution is 7.99. The molecule has 106 valence electrons. The number of methoxy groups -OCH3 is 1. The van der Waals surface area contributed by atoms with Crippen molar-refractivity contribution in [2.24, 2.45) is 0 Å². The molecule has 6 heteroatoms. The molecule has 0 N–H and O–H groups in total. The van der Waals surface area contributed by atoms with Crippen molar-refractivity contribution in [2.75, 3.05) is 25.2 Å². The summed E-state index contributed by atoms with van der Waals surface area (Å²) in [6.07, 6.45) is 0.486. The summed E-state index contributed by atoms with van der Waals surface area (Å²) in [5.41, 5.74) is 1.12. The van der Waals surface area contributed by atoms with Gasteiger partial charge in [0.2, 0.25) is 0 Å². The first-order chi connectivity index (χ1) is 9.10. The zero-order valence-corrected chi connectivity index (χ0v) is 13.3. The maximum absolute atomic E-state index is 11.5. The van der Waals surface area contributed by atoms with Crippen LogP contribution >= 0.6 is 23.1 Å². The van der Waals surface area contributed by atoms with Crippen LogP contribution in [0.4, 0.5) is 0 Å². The Balaban J connectivity index is 2.03. The number of ether oxygens (including phenoxy) is 1. The Hall–Kier alpha value is -0.590. The van der Waals surface area contributed by atoms with Crippen LogP contribution in [0.2, 0.25) is 0 Å². The monoisotopic (exact) mass is 300 g/mol. The average molecular weight is 300 g/mol. The molecule has 1 atom stereocenters. The van der Waals surface area contributed by atoms with Gasteiger partial charge in [-0.05, 0) is 13.8 Å². The van der Waals surface area contributed by atoms with E-state index in [9.17, 15) is 4.79 Å². The van der Waals surface area contributed by atoms with E-state index in [0.717, 1.165) is 35.3 Å². The van der Waals surface area contributed by atoms with Gasteiger partial charge in [0.05, 0.1) is 24.2 Å².